The predicted molar refractivity (Wildman–Crippen MR) is 232 cm³/mol. The molecule has 4 heterocycles. The van der Waals surface area contributed by atoms with Gasteiger partial charge in [0.05, 0.1) is 22.1 Å². The lowest BCUT2D eigenvalue weighted by atomic mass is 10.0. The summed E-state index contributed by atoms with van der Waals surface area (Å²) in [7, 11) is 0. The first-order chi connectivity index (χ1) is 28.3. The topological polar surface area (TPSA) is 61.7 Å². The first-order valence-electron chi connectivity index (χ1n) is 19.1. The molecule has 6 nitrogen and oxygen atoms in total. The Morgan fingerprint density at radius 2 is 0.947 bits per heavy atom. The van der Waals surface area contributed by atoms with Crippen molar-refractivity contribution < 1.29 is 4.42 Å². The van der Waals surface area contributed by atoms with Crippen LogP contribution < -0.4 is 0 Å². The molecule has 0 N–H and O–H groups in total. The van der Waals surface area contributed by atoms with Crippen molar-refractivity contribution in [2.24, 2.45) is 0 Å². The summed E-state index contributed by atoms with van der Waals surface area (Å²) in [6.07, 6.45) is 0. The second-order valence-electron chi connectivity index (χ2n) is 14.4. The molecule has 0 amide bonds. The number of nitrogens with zero attached hydrogens (tertiary/aromatic N) is 5. The van der Waals surface area contributed by atoms with Crippen molar-refractivity contribution in [3.8, 4) is 45.5 Å². The average Bonchev–Trinajstić information content (AvgIpc) is 3.94. The van der Waals surface area contributed by atoms with Gasteiger partial charge in [0.15, 0.2) is 11.6 Å². The molecule has 4 aromatic heterocycles. The normalized spacial score (nSPS) is 11.9. The van der Waals surface area contributed by atoms with Crippen molar-refractivity contribution >= 4 is 65.6 Å². The largest absolute Gasteiger partial charge is 0.456 e. The molecule has 0 aliphatic carbocycles. The zero-order valence-corrected chi connectivity index (χ0v) is 30.5. The maximum Gasteiger partial charge on any atom is 0.238 e. The van der Waals surface area contributed by atoms with E-state index in [0.29, 0.717) is 17.6 Å². The van der Waals surface area contributed by atoms with Crippen LogP contribution in [-0.2, 0) is 0 Å². The van der Waals surface area contributed by atoms with E-state index in [1.54, 1.807) is 0 Å². The minimum Gasteiger partial charge on any atom is -0.456 e. The first kappa shape index (κ1) is 31.5. The number of furan rings is 1. The Kier molecular flexibility index (Phi) is 6.83. The molecule has 6 heteroatoms. The molecule has 57 heavy (non-hydrogen) atoms. The van der Waals surface area contributed by atoms with Gasteiger partial charge < -0.3 is 8.98 Å². The fourth-order valence-corrected chi connectivity index (χ4v) is 8.62. The van der Waals surface area contributed by atoms with Crippen LogP contribution in [0.5, 0.6) is 0 Å². The average molecular weight is 730 g/mol. The molecule has 0 unspecified atom stereocenters. The van der Waals surface area contributed by atoms with Gasteiger partial charge in [0.1, 0.15) is 11.2 Å². The smallest absolute Gasteiger partial charge is 0.238 e. The quantitative estimate of drug-likeness (QED) is 0.177. The van der Waals surface area contributed by atoms with Gasteiger partial charge in [0.25, 0.3) is 0 Å². The summed E-state index contributed by atoms with van der Waals surface area (Å²) in [4.78, 5) is 15.4. The van der Waals surface area contributed by atoms with Crippen molar-refractivity contribution in [2.75, 3.05) is 0 Å². The summed E-state index contributed by atoms with van der Waals surface area (Å²) in [6, 6.07) is 65.7. The van der Waals surface area contributed by atoms with Crippen LogP contribution in [0.25, 0.3) is 111 Å². The molecule has 0 saturated carbocycles. The molecular formula is C51H31N5O. The van der Waals surface area contributed by atoms with Crippen LogP contribution in [0.15, 0.2) is 192 Å². The van der Waals surface area contributed by atoms with Gasteiger partial charge in [-0.3, -0.25) is 4.57 Å². The van der Waals surface area contributed by atoms with Crippen LogP contribution in [0.4, 0.5) is 0 Å². The van der Waals surface area contributed by atoms with Gasteiger partial charge in [-0.2, -0.15) is 9.97 Å². The van der Waals surface area contributed by atoms with E-state index in [9.17, 15) is 0 Å². The minimum atomic E-state index is 0.570. The van der Waals surface area contributed by atoms with Gasteiger partial charge in [-0.15, -0.1) is 0 Å². The van der Waals surface area contributed by atoms with E-state index in [2.05, 4.69) is 124 Å². The molecule has 0 fully saturated rings. The Bertz CT molecular complexity index is 3470. The molecule has 0 saturated heterocycles. The van der Waals surface area contributed by atoms with E-state index >= 15 is 0 Å². The van der Waals surface area contributed by atoms with Gasteiger partial charge in [-0.05, 0) is 59.7 Å². The van der Waals surface area contributed by atoms with Crippen LogP contribution in [0.3, 0.4) is 0 Å². The number of rotatable bonds is 5. The maximum absolute atomic E-state index is 6.17. The number of para-hydroxylation sites is 3. The fraction of sp³-hybridized carbons (Fsp3) is 0. The Morgan fingerprint density at radius 3 is 1.70 bits per heavy atom. The van der Waals surface area contributed by atoms with Gasteiger partial charge in [0, 0.05) is 49.1 Å². The van der Waals surface area contributed by atoms with Crippen molar-refractivity contribution in [2.45, 2.75) is 0 Å². The number of hydrogen-bond donors (Lipinski definition) is 0. The van der Waals surface area contributed by atoms with Crippen LogP contribution >= 0.6 is 0 Å². The van der Waals surface area contributed by atoms with E-state index in [4.69, 9.17) is 19.4 Å². The first-order valence-corrected chi connectivity index (χ1v) is 19.1. The van der Waals surface area contributed by atoms with Crippen LogP contribution in [0.1, 0.15) is 0 Å². The third-order valence-electron chi connectivity index (χ3n) is 11.2. The van der Waals surface area contributed by atoms with E-state index in [-0.39, 0.29) is 0 Å². The van der Waals surface area contributed by atoms with E-state index in [1.807, 2.05) is 72.8 Å². The lowest BCUT2D eigenvalue weighted by Gasteiger charge is -2.12. The van der Waals surface area contributed by atoms with Crippen molar-refractivity contribution in [3.05, 3.63) is 188 Å². The number of benzene rings is 8. The molecule has 0 spiro atoms. The highest BCUT2D eigenvalue weighted by atomic mass is 16.3. The molecule has 266 valence electrons. The molecule has 12 rings (SSSR count). The highest BCUT2D eigenvalue weighted by Gasteiger charge is 2.23. The van der Waals surface area contributed by atoms with Gasteiger partial charge >= 0.3 is 0 Å². The Balaban J connectivity index is 1.13. The van der Waals surface area contributed by atoms with Crippen molar-refractivity contribution in [3.63, 3.8) is 0 Å². The standard InChI is InChI=1S/C51H31N5O/c1-3-14-32(15-4-1)49-52-50(33-16-5-2-6-17-33)54-51(53-49)56-43-24-11-8-22-40(43)47-44(56)28-27-39-37-20-7-10-23-42(37)55(48(39)47)36-19-13-18-34(30-36)35-26-29-46-41(31-35)38-21-9-12-25-45(38)57-46/h1-31H. The Hall–Kier alpha value is -7.83. The van der Waals surface area contributed by atoms with Gasteiger partial charge in [-0.25, -0.2) is 4.98 Å². The molecule has 0 atom stereocenters. The zero-order valence-electron chi connectivity index (χ0n) is 30.5. The van der Waals surface area contributed by atoms with Crippen LogP contribution in [0.2, 0.25) is 0 Å². The minimum absolute atomic E-state index is 0.570. The zero-order chi connectivity index (χ0) is 37.5. The van der Waals surface area contributed by atoms with Crippen molar-refractivity contribution in [1.82, 2.24) is 24.1 Å². The molecule has 0 radical (unpaired) electrons. The highest BCUT2D eigenvalue weighted by Crippen LogP contribution is 2.42. The summed E-state index contributed by atoms with van der Waals surface area (Å²) < 4.78 is 10.8. The third kappa shape index (κ3) is 4.87. The van der Waals surface area contributed by atoms with E-state index in [0.717, 1.165) is 82.7 Å². The number of fused-ring (bicyclic) bond motifs is 10. The monoisotopic (exact) mass is 729 g/mol. The van der Waals surface area contributed by atoms with Crippen LogP contribution in [0, 0.1) is 0 Å². The van der Waals surface area contributed by atoms with Gasteiger partial charge in [0.2, 0.25) is 5.95 Å². The lowest BCUT2D eigenvalue weighted by molar-refractivity contribution is 0.669. The second-order valence-corrected chi connectivity index (χ2v) is 14.4. The van der Waals surface area contributed by atoms with Gasteiger partial charge in [-0.1, -0.05) is 140 Å². The Labute approximate surface area is 326 Å². The number of hydrogen-bond acceptors (Lipinski definition) is 4. The molecule has 0 bridgehead atoms. The van der Waals surface area contributed by atoms with Crippen molar-refractivity contribution in [1.29, 1.82) is 0 Å². The molecule has 0 aliphatic rings. The fourth-order valence-electron chi connectivity index (χ4n) is 8.62. The van der Waals surface area contributed by atoms with E-state index < -0.39 is 0 Å². The van der Waals surface area contributed by atoms with Crippen LogP contribution in [-0.4, -0.2) is 24.1 Å². The maximum atomic E-state index is 6.17. The molecule has 8 aromatic carbocycles. The van der Waals surface area contributed by atoms with E-state index in [1.165, 1.54) is 10.8 Å². The summed E-state index contributed by atoms with van der Waals surface area (Å²) in [5.41, 5.74) is 11.3. The molecule has 0 aliphatic heterocycles. The third-order valence-corrected chi connectivity index (χ3v) is 11.2. The summed E-state index contributed by atoms with van der Waals surface area (Å²) in [5, 5.41) is 6.88. The SMILES string of the molecule is c1ccc(-c2nc(-c3ccccc3)nc(-n3c4ccccc4c4c3ccc3c5ccccc5n(-c5cccc(-c6ccc7oc8ccccc8c7c6)c5)c34)n2)cc1. The predicted octanol–water partition coefficient (Wildman–Crippen LogP) is 13.0. The summed E-state index contributed by atoms with van der Waals surface area (Å²) in [5.74, 6) is 1.82. The Morgan fingerprint density at radius 1 is 0.351 bits per heavy atom. The summed E-state index contributed by atoms with van der Waals surface area (Å²) >= 11 is 0. The lowest BCUT2D eigenvalue weighted by Crippen LogP contribution is -2.06. The molecule has 12 aromatic rings. The number of aromatic nitrogens is 5. The summed E-state index contributed by atoms with van der Waals surface area (Å²) in [6.45, 7) is 0. The molecular weight excluding hydrogens is 699 g/mol. The highest BCUT2D eigenvalue weighted by molar-refractivity contribution is 6.26. The second kappa shape index (κ2) is 12.3.